The molecule has 0 aliphatic carbocycles. The summed E-state index contributed by atoms with van der Waals surface area (Å²) in [5.41, 5.74) is 1.55. The maximum atomic E-state index is 14.0. The molecule has 3 amide bonds. The molecule has 1 aliphatic rings. The van der Waals surface area contributed by atoms with Gasteiger partial charge in [0.15, 0.2) is 5.82 Å². The highest BCUT2D eigenvalue weighted by Crippen LogP contribution is 2.20. The Labute approximate surface area is 250 Å². The van der Waals surface area contributed by atoms with Crippen LogP contribution in [0.4, 0.5) is 0 Å². The predicted octanol–water partition coefficient (Wildman–Crippen LogP) is 1.44. The van der Waals surface area contributed by atoms with Crippen molar-refractivity contribution in [3.8, 4) is 17.1 Å². The van der Waals surface area contributed by atoms with Gasteiger partial charge in [0.2, 0.25) is 11.8 Å². The summed E-state index contributed by atoms with van der Waals surface area (Å²) in [5, 5.41) is 14.6. The standard InChI is InChI=1S/C28H29N5O9S/c1-40-19-9-3-16(4-10-19)13-20(29-25(37)18-7-5-17(6-8-18)24-30-28(43)42-31-24)26(38)33-12-11-32(15-22(34)35)27(39)21(33)14-23(36)41-2/h3-10,20-21H,11-15H2,1-2H3,(H,29,37)(H,34,35)(H,30,31,43)/t20-,21+/m0/s1. The second-order valence-electron chi connectivity index (χ2n) is 9.57. The Hall–Kier alpha value is -5.05. The topological polar surface area (TPSA) is 184 Å². The second kappa shape index (κ2) is 13.7. The first-order valence-corrected chi connectivity index (χ1v) is 13.5. The molecule has 2 aromatic carbocycles. The van der Waals surface area contributed by atoms with Gasteiger partial charge in [0.1, 0.15) is 24.4 Å². The van der Waals surface area contributed by atoms with Crippen LogP contribution in [0.15, 0.2) is 53.1 Å². The van der Waals surface area contributed by atoms with Gasteiger partial charge in [0.05, 0.1) is 20.6 Å². The minimum absolute atomic E-state index is 0.0319. The zero-order valence-corrected chi connectivity index (χ0v) is 24.1. The van der Waals surface area contributed by atoms with Crippen molar-refractivity contribution >= 4 is 41.9 Å². The summed E-state index contributed by atoms with van der Waals surface area (Å²) in [6, 6.07) is 10.8. The molecule has 0 unspecified atom stereocenters. The van der Waals surface area contributed by atoms with Crippen LogP contribution in [0.1, 0.15) is 22.3 Å². The molecule has 1 aromatic heterocycles. The van der Waals surface area contributed by atoms with Crippen LogP contribution in [0.25, 0.3) is 11.4 Å². The highest BCUT2D eigenvalue weighted by molar-refractivity contribution is 7.71. The molecule has 1 fully saturated rings. The molecular weight excluding hydrogens is 582 g/mol. The molecule has 0 spiro atoms. The average Bonchev–Trinajstić information content (AvgIpc) is 3.44. The van der Waals surface area contributed by atoms with Crippen LogP contribution < -0.4 is 10.1 Å². The monoisotopic (exact) mass is 611 g/mol. The Morgan fingerprint density at radius 1 is 1.12 bits per heavy atom. The Morgan fingerprint density at radius 2 is 1.81 bits per heavy atom. The molecule has 1 saturated heterocycles. The van der Waals surface area contributed by atoms with Gasteiger partial charge < -0.3 is 34.2 Å². The van der Waals surface area contributed by atoms with Crippen LogP contribution >= 0.6 is 12.2 Å². The molecule has 4 rings (SSSR count). The van der Waals surface area contributed by atoms with E-state index < -0.39 is 54.7 Å². The van der Waals surface area contributed by atoms with Gasteiger partial charge in [-0.15, -0.1) is 0 Å². The third kappa shape index (κ3) is 7.62. The van der Waals surface area contributed by atoms with Gasteiger partial charge in [-0.05, 0) is 42.0 Å². The highest BCUT2D eigenvalue weighted by Gasteiger charge is 2.42. The first-order chi connectivity index (χ1) is 20.6. The molecule has 1 aliphatic heterocycles. The van der Waals surface area contributed by atoms with Crippen LogP contribution in [-0.2, 0) is 30.3 Å². The fourth-order valence-electron chi connectivity index (χ4n) is 4.63. The van der Waals surface area contributed by atoms with Crippen LogP contribution in [0.3, 0.4) is 0 Å². The van der Waals surface area contributed by atoms with Gasteiger partial charge >= 0.3 is 16.8 Å². The average molecular weight is 612 g/mol. The molecule has 3 aromatic rings. The number of piperazine rings is 1. The Bertz CT molecular complexity index is 1550. The number of carboxylic acids is 1. The summed E-state index contributed by atoms with van der Waals surface area (Å²) in [7, 11) is 2.66. The minimum atomic E-state index is -1.31. The van der Waals surface area contributed by atoms with Crippen LogP contribution in [0.5, 0.6) is 5.75 Å². The lowest BCUT2D eigenvalue weighted by atomic mass is 10.0. The van der Waals surface area contributed by atoms with E-state index in [1.807, 2.05) is 0 Å². The molecule has 15 heteroatoms. The lowest BCUT2D eigenvalue weighted by Gasteiger charge is -2.41. The zero-order valence-electron chi connectivity index (χ0n) is 23.3. The zero-order chi connectivity index (χ0) is 31.1. The maximum Gasteiger partial charge on any atom is 0.323 e. The van der Waals surface area contributed by atoms with Gasteiger partial charge in [0, 0.05) is 30.6 Å². The number of ether oxygens (including phenoxy) is 2. The minimum Gasteiger partial charge on any atom is -0.497 e. The molecule has 0 bridgehead atoms. The van der Waals surface area contributed by atoms with E-state index in [4.69, 9.17) is 26.2 Å². The van der Waals surface area contributed by atoms with Crippen molar-refractivity contribution in [2.75, 3.05) is 33.9 Å². The molecule has 0 saturated carbocycles. The molecule has 2 heterocycles. The number of carboxylic acid groups (broad SMARTS) is 1. The lowest BCUT2D eigenvalue weighted by Crippen LogP contribution is -2.63. The number of rotatable bonds is 11. The summed E-state index contributed by atoms with van der Waals surface area (Å²) in [6.07, 6.45) is -0.427. The SMILES string of the molecule is COC(=O)C[C@@H]1C(=O)N(CC(=O)O)CCN1C(=O)[C@H](Cc1ccc(OC)cc1)NC(=O)c1ccc(-c2nc(=S)o[nH]2)cc1. The van der Waals surface area contributed by atoms with E-state index in [9.17, 15) is 29.1 Å². The van der Waals surface area contributed by atoms with Crippen LogP contribution in [0.2, 0.25) is 0 Å². The fourth-order valence-corrected chi connectivity index (χ4v) is 4.77. The van der Waals surface area contributed by atoms with Crippen LogP contribution in [0, 0.1) is 4.84 Å². The Kier molecular flexibility index (Phi) is 9.87. The van der Waals surface area contributed by atoms with Crippen LogP contribution in [-0.4, -0.2) is 101 Å². The van der Waals surface area contributed by atoms with E-state index in [0.717, 1.165) is 12.0 Å². The van der Waals surface area contributed by atoms with Crippen molar-refractivity contribution in [1.82, 2.24) is 25.3 Å². The van der Waals surface area contributed by atoms with E-state index in [1.54, 1.807) is 48.5 Å². The summed E-state index contributed by atoms with van der Waals surface area (Å²) in [6.45, 7) is -0.701. The Balaban J connectivity index is 1.61. The van der Waals surface area contributed by atoms with Crippen molar-refractivity contribution in [3.63, 3.8) is 0 Å². The quantitative estimate of drug-likeness (QED) is 0.211. The largest absolute Gasteiger partial charge is 0.497 e. The number of nitrogens with zero attached hydrogens (tertiary/aromatic N) is 3. The number of hydrogen-bond acceptors (Lipinski definition) is 10. The van der Waals surface area contributed by atoms with Gasteiger partial charge in [-0.3, -0.25) is 24.0 Å². The fraction of sp³-hybridized carbons (Fsp3) is 0.321. The third-order valence-corrected chi connectivity index (χ3v) is 7.02. The number of hydrogen-bond donors (Lipinski definition) is 3. The van der Waals surface area contributed by atoms with Crippen molar-refractivity contribution in [1.29, 1.82) is 0 Å². The maximum absolute atomic E-state index is 14.0. The molecule has 14 nitrogen and oxygen atoms in total. The molecule has 2 atom stereocenters. The Morgan fingerprint density at radius 3 is 2.40 bits per heavy atom. The van der Waals surface area contributed by atoms with Crippen molar-refractivity contribution in [3.05, 3.63) is 64.5 Å². The number of esters is 1. The van der Waals surface area contributed by atoms with E-state index in [-0.39, 0.29) is 29.9 Å². The summed E-state index contributed by atoms with van der Waals surface area (Å²) in [5.74, 6) is -2.89. The number of H-pyrrole nitrogens is 1. The summed E-state index contributed by atoms with van der Waals surface area (Å²) < 4.78 is 14.9. The van der Waals surface area contributed by atoms with E-state index in [0.29, 0.717) is 22.7 Å². The second-order valence-corrected chi connectivity index (χ2v) is 9.92. The number of aromatic nitrogens is 2. The number of aromatic amines is 1. The molecule has 0 radical (unpaired) electrons. The summed E-state index contributed by atoms with van der Waals surface area (Å²) >= 11 is 4.87. The van der Waals surface area contributed by atoms with E-state index >= 15 is 0 Å². The molecular formula is C28H29N5O9S. The van der Waals surface area contributed by atoms with Gasteiger partial charge in [-0.2, -0.15) is 4.98 Å². The van der Waals surface area contributed by atoms with Gasteiger partial charge in [-0.1, -0.05) is 24.3 Å². The molecule has 3 N–H and O–H groups in total. The number of amides is 3. The highest BCUT2D eigenvalue weighted by atomic mass is 32.1. The number of carbonyl (C=O) groups excluding carboxylic acids is 4. The predicted molar refractivity (Wildman–Crippen MR) is 151 cm³/mol. The molecule has 43 heavy (non-hydrogen) atoms. The lowest BCUT2D eigenvalue weighted by molar-refractivity contribution is -0.159. The first kappa shape index (κ1) is 30.9. The number of methoxy groups -OCH3 is 2. The normalized spacial score (nSPS) is 15.5. The van der Waals surface area contributed by atoms with E-state index in [2.05, 4.69) is 15.5 Å². The van der Waals surface area contributed by atoms with Crippen molar-refractivity contribution in [2.45, 2.75) is 24.9 Å². The summed E-state index contributed by atoms with van der Waals surface area (Å²) in [4.78, 5) is 70.4. The smallest absolute Gasteiger partial charge is 0.323 e. The molecule has 226 valence electrons. The van der Waals surface area contributed by atoms with Gasteiger partial charge in [0.25, 0.3) is 5.91 Å². The van der Waals surface area contributed by atoms with Crippen molar-refractivity contribution < 1.29 is 43.1 Å². The number of nitrogens with one attached hydrogen (secondary N) is 2. The van der Waals surface area contributed by atoms with Crippen molar-refractivity contribution in [2.24, 2.45) is 0 Å². The van der Waals surface area contributed by atoms with Gasteiger partial charge in [-0.25, -0.2) is 5.16 Å². The third-order valence-electron chi connectivity index (χ3n) is 6.84. The number of benzene rings is 2. The first-order valence-electron chi connectivity index (χ1n) is 13.1. The number of carbonyl (C=O) groups is 5. The number of aliphatic carboxylic acids is 1. The van der Waals surface area contributed by atoms with E-state index in [1.165, 1.54) is 12.0 Å².